The minimum atomic E-state index is -0.336. The van der Waals surface area contributed by atoms with Crippen molar-refractivity contribution >= 4 is 29.5 Å². The van der Waals surface area contributed by atoms with Gasteiger partial charge in [0.05, 0.1) is 5.41 Å². The van der Waals surface area contributed by atoms with Crippen LogP contribution in [0.1, 0.15) is 46.5 Å². The van der Waals surface area contributed by atoms with Gasteiger partial charge < -0.3 is 4.74 Å². The minimum absolute atomic E-state index is 0.0328. The number of fused-ring (bicyclic) bond motifs is 1. The molecule has 0 bridgehead atoms. The molecule has 0 N–H and O–H groups in total. The summed E-state index contributed by atoms with van der Waals surface area (Å²) in [6.45, 7) is 5.97. The fourth-order valence-corrected chi connectivity index (χ4v) is 5.44. The number of hydrogen-bond acceptors (Lipinski definition) is 4. The van der Waals surface area contributed by atoms with Crippen LogP contribution >= 0.6 is 23.5 Å². The molecular formula is C13H22O2S2. The van der Waals surface area contributed by atoms with Gasteiger partial charge in [-0.15, -0.1) is 11.8 Å². The zero-order chi connectivity index (χ0) is 12.5. The summed E-state index contributed by atoms with van der Waals surface area (Å²) in [6.07, 6.45) is 4.83. The topological polar surface area (TPSA) is 26.3 Å². The molecule has 0 aromatic carbocycles. The van der Waals surface area contributed by atoms with Crippen LogP contribution in [0.15, 0.2) is 0 Å². The molecule has 0 aromatic rings. The van der Waals surface area contributed by atoms with Crippen LogP contribution < -0.4 is 0 Å². The Morgan fingerprint density at radius 1 is 1.35 bits per heavy atom. The SMILES string of the molecule is CCC(C)(C)C(=O)OC1CSC2CCCC2S1. The van der Waals surface area contributed by atoms with E-state index in [2.05, 4.69) is 0 Å². The number of carbonyl (C=O) groups is 1. The Hall–Kier alpha value is 0.170. The summed E-state index contributed by atoms with van der Waals surface area (Å²) < 4.78 is 5.66. The molecule has 98 valence electrons. The Kier molecular flexibility index (Phi) is 4.35. The summed E-state index contributed by atoms with van der Waals surface area (Å²) in [5.41, 5.74) is -0.254. The molecule has 2 rings (SSSR count). The van der Waals surface area contributed by atoms with E-state index in [1.807, 2.05) is 44.3 Å². The van der Waals surface area contributed by atoms with Gasteiger partial charge in [-0.1, -0.05) is 13.3 Å². The van der Waals surface area contributed by atoms with Crippen LogP contribution in [-0.4, -0.2) is 27.7 Å². The molecule has 1 aliphatic carbocycles. The third-order valence-corrected chi connectivity index (χ3v) is 7.19. The predicted molar refractivity (Wildman–Crippen MR) is 75.4 cm³/mol. The maximum absolute atomic E-state index is 12.0. The lowest BCUT2D eigenvalue weighted by molar-refractivity contribution is -0.154. The number of thioether (sulfide) groups is 2. The first-order valence-electron chi connectivity index (χ1n) is 6.51. The molecule has 17 heavy (non-hydrogen) atoms. The molecule has 0 aromatic heterocycles. The van der Waals surface area contributed by atoms with Crippen molar-refractivity contribution in [3.63, 3.8) is 0 Å². The van der Waals surface area contributed by atoms with E-state index in [0.717, 1.165) is 22.7 Å². The molecule has 1 aliphatic heterocycles. The minimum Gasteiger partial charge on any atom is -0.450 e. The molecule has 0 spiro atoms. The maximum Gasteiger partial charge on any atom is 0.312 e. The second-order valence-corrected chi connectivity index (χ2v) is 8.23. The maximum atomic E-state index is 12.0. The summed E-state index contributed by atoms with van der Waals surface area (Å²) in [4.78, 5) is 12.0. The molecule has 1 heterocycles. The van der Waals surface area contributed by atoms with Gasteiger partial charge in [0, 0.05) is 16.3 Å². The summed E-state index contributed by atoms with van der Waals surface area (Å²) in [6, 6.07) is 0. The molecule has 2 aliphatic rings. The van der Waals surface area contributed by atoms with Crippen molar-refractivity contribution in [3.05, 3.63) is 0 Å². The number of ether oxygens (including phenoxy) is 1. The molecule has 0 radical (unpaired) electrons. The van der Waals surface area contributed by atoms with Crippen molar-refractivity contribution in [2.45, 2.75) is 62.4 Å². The van der Waals surface area contributed by atoms with Crippen LogP contribution in [0.5, 0.6) is 0 Å². The summed E-state index contributed by atoms with van der Waals surface area (Å²) in [5, 5.41) is 1.53. The predicted octanol–water partition coefficient (Wildman–Crippen LogP) is 3.69. The van der Waals surface area contributed by atoms with Crippen molar-refractivity contribution in [2.24, 2.45) is 5.41 Å². The summed E-state index contributed by atoms with van der Waals surface area (Å²) in [5.74, 6) is 0.937. The quantitative estimate of drug-likeness (QED) is 0.733. The number of esters is 1. The fraction of sp³-hybridized carbons (Fsp3) is 0.923. The van der Waals surface area contributed by atoms with Gasteiger partial charge in [0.15, 0.2) is 5.44 Å². The zero-order valence-electron chi connectivity index (χ0n) is 10.9. The first-order valence-corrected chi connectivity index (χ1v) is 8.50. The van der Waals surface area contributed by atoms with Crippen molar-refractivity contribution in [1.29, 1.82) is 0 Å². The Morgan fingerprint density at radius 3 is 2.76 bits per heavy atom. The van der Waals surface area contributed by atoms with Crippen molar-refractivity contribution < 1.29 is 9.53 Å². The van der Waals surface area contributed by atoms with E-state index in [4.69, 9.17) is 4.74 Å². The summed E-state index contributed by atoms with van der Waals surface area (Å²) >= 11 is 3.90. The molecule has 3 atom stereocenters. The van der Waals surface area contributed by atoms with Crippen LogP contribution in [0.4, 0.5) is 0 Å². The lowest BCUT2D eigenvalue weighted by Gasteiger charge is -2.32. The largest absolute Gasteiger partial charge is 0.450 e. The lowest BCUT2D eigenvalue weighted by atomic mass is 9.91. The van der Waals surface area contributed by atoms with Gasteiger partial charge >= 0.3 is 5.97 Å². The van der Waals surface area contributed by atoms with Crippen LogP contribution in [0.2, 0.25) is 0 Å². The van der Waals surface area contributed by atoms with Gasteiger partial charge in [0.1, 0.15) is 0 Å². The monoisotopic (exact) mass is 274 g/mol. The Morgan fingerprint density at radius 2 is 2.06 bits per heavy atom. The molecule has 0 amide bonds. The highest BCUT2D eigenvalue weighted by Gasteiger charge is 2.38. The Balaban J connectivity index is 1.86. The van der Waals surface area contributed by atoms with E-state index in [1.165, 1.54) is 19.3 Å². The first-order chi connectivity index (χ1) is 8.03. The van der Waals surface area contributed by atoms with Crippen molar-refractivity contribution in [3.8, 4) is 0 Å². The van der Waals surface area contributed by atoms with Gasteiger partial charge in [-0.3, -0.25) is 4.79 Å². The molecule has 2 nitrogen and oxygen atoms in total. The third kappa shape index (κ3) is 3.14. The lowest BCUT2D eigenvalue weighted by Crippen LogP contribution is -2.34. The standard InChI is InChI=1S/C13H22O2S2/c1-4-13(2,3)12(14)15-11-8-16-9-6-5-7-10(9)17-11/h9-11H,4-8H2,1-3H3. The van der Waals surface area contributed by atoms with Gasteiger partial charge in [-0.05, 0) is 33.1 Å². The highest BCUT2D eigenvalue weighted by atomic mass is 32.2. The second-order valence-electron chi connectivity index (χ2n) is 5.55. The Bertz CT molecular complexity index is 291. The fourth-order valence-electron chi connectivity index (χ4n) is 2.16. The van der Waals surface area contributed by atoms with E-state index in [-0.39, 0.29) is 16.8 Å². The highest BCUT2D eigenvalue weighted by molar-refractivity contribution is 8.07. The molecular weight excluding hydrogens is 252 g/mol. The van der Waals surface area contributed by atoms with Crippen molar-refractivity contribution in [2.75, 3.05) is 5.75 Å². The van der Waals surface area contributed by atoms with Gasteiger partial charge in [0.2, 0.25) is 0 Å². The third-order valence-electron chi connectivity index (χ3n) is 3.84. The zero-order valence-corrected chi connectivity index (χ0v) is 12.5. The van der Waals surface area contributed by atoms with E-state index in [9.17, 15) is 4.79 Å². The first kappa shape index (κ1) is 13.6. The smallest absolute Gasteiger partial charge is 0.312 e. The van der Waals surface area contributed by atoms with Crippen molar-refractivity contribution in [1.82, 2.24) is 0 Å². The molecule has 4 heteroatoms. The average molecular weight is 274 g/mol. The molecule has 2 fully saturated rings. The van der Waals surface area contributed by atoms with Crippen LogP contribution in [0, 0.1) is 5.41 Å². The Labute approximate surface area is 113 Å². The highest BCUT2D eigenvalue weighted by Crippen LogP contribution is 2.45. The summed E-state index contributed by atoms with van der Waals surface area (Å²) in [7, 11) is 0. The van der Waals surface area contributed by atoms with Crippen LogP contribution in [0.25, 0.3) is 0 Å². The van der Waals surface area contributed by atoms with E-state index in [0.29, 0.717) is 0 Å². The van der Waals surface area contributed by atoms with E-state index in [1.54, 1.807) is 0 Å². The van der Waals surface area contributed by atoms with Gasteiger partial charge in [-0.2, -0.15) is 11.8 Å². The molecule has 1 saturated carbocycles. The number of carbonyl (C=O) groups excluding carboxylic acids is 1. The van der Waals surface area contributed by atoms with E-state index < -0.39 is 0 Å². The molecule has 1 saturated heterocycles. The van der Waals surface area contributed by atoms with Crippen LogP contribution in [0.3, 0.4) is 0 Å². The normalized spacial score (nSPS) is 33.2. The number of hydrogen-bond donors (Lipinski definition) is 0. The second kappa shape index (κ2) is 5.43. The van der Waals surface area contributed by atoms with Gasteiger partial charge in [-0.25, -0.2) is 0 Å². The molecule has 3 unspecified atom stereocenters. The average Bonchev–Trinajstić information content (AvgIpc) is 2.76. The van der Waals surface area contributed by atoms with E-state index >= 15 is 0 Å². The number of rotatable bonds is 3. The van der Waals surface area contributed by atoms with Gasteiger partial charge in [0.25, 0.3) is 0 Å². The van der Waals surface area contributed by atoms with Crippen LogP contribution in [-0.2, 0) is 9.53 Å².